The minimum absolute atomic E-state index is 0.117. The van der Waals surface area contributed by atoms with Crippen molar-refractivity contribution in [3.05, 3.63) is 62.4 Å². The number of nitrogens with zero attached hydrogens (tertiary/aromatic N) is 2. The van der Waals surface area contributed by atoms with Crippen LogP contribution in [0.25, 0.3) is 0 Å². The quantitative estimate of drug-likeness (QED) is 0.253. The number of hydrogen-bond acceptors (Lipinski definition) is 5. The Morgan fingerprint density at radius 3 is 2.47 bits per heavy atom. The largest absolute Gasteiger partial charge is 0.476 e. The zero-order chi connectivity index (χ0) is 24.8. The molecule has 1 heterocycles. The maximum absolute atomic E-state index is 13.9. The monoisotopic (exact) mass is 520 g/mol. The Balaban J connectivity index is 2.13. The predicted molar refractivity (Wildman–Crippen MR) is 133 cm³/mol. The lowest BCUT2D eigenvalue weighted by Crippen LogP contribution is -2.34. The van der Waals surface area contributed by atoms with E-state index in [9.17, 15) is 9.59 Å². The van der Waals surface area contributed by atoms with Gasteiger partial charge >= 0.3 is 5.97 Å². The molecule has 0 fully saturated rings. The predicted octanol–water partition coefficient (Wildman–Crippen LogP) is 6.02. The van der Waals surface area contributed by atoms with Gasteiger partial charge in [-0.3, -0.25) is 4.79 Å². The standard InChI is InChI=1S/C25H23Cl3N2O4/c1-4-15(2)34-22-12-21(19(26)11-20(22)27)30(14-16-9-10-23(28)29-13-16)24(31)17-7-5-6-8-18(17)25(32)33-3/h1,9-13,15H,5-8,14H2,2-3H3. The van der Waals surface area contributed by atoms with Gasteiger partial charge in [0.1, 0.15) is 10.9 Å². The van der Waals surface area contributed by atoms with E-state index >= 15 is 0 Å². The van der Waals surface area contributed by atoms with Crippen molar-refractivity contribution in [2.75, 3.05) is 12.0 Å². The van der Waals surface area contributed by atoms with Crippen LogP contribution in [0.2, 0.25) is 15.2 Å². The second-order valence-electron chi connectivity index (χ2n) is 7.70. The van der Waals surface area contributed by atoms with Gasteiger partial charge in [-0.1, -0.05) is 46.8 Å². The van der Waals surface area contributed by atoms with Gasteiger partial charge in [-0.25, -0.2) is 9.78 Å². The zero-order valence-electron chi connectivity index (χ0n) is 18.7. The van der Waals surface area contributed by atoms with Crippen molar-refractivity contribution in [1.29, 1.82) is 0 Å². The molecule has 0 N–H and O–H groups in total. The van der Waals surface area contributed by atoms with E-state index in [1.54, 1.807) is 31.3 Å². The highest BCUT2D eigenvalue weighted by molar-refractivity contribution is 6.37. The molecule has 9 heteroatoms. The van der Waals surface area contributed by atoms with E-state index in [2.05, 4.69) is 10.9 Å². The fourth-order valence-corrected chi connectivity index (χ4v) is 4.28. The molecule has 178 valence electrons. The first kappa shape index (κ1) is 25.9. The second-order valence-corrected chi connectivity index (χ2v) is 8.90. The fraction of sp³-hybridized carbons (Fsp3) is 0.320. The molecule has 1 amide bonds. The van der Waals surface area contributed by atoms with Gasteiger partial charge in [-0.15, -0.1) is 6.42 Å². The van der Waals surface area contributed by atoms with E-state index in [0.717, 1.165) is 12.8 Å². The molecule has 34 heavy (non-hydrogen) atoms. The number of pyridine rings is 1. The Kier molecular flexibility index (Phi) is 8.84. The highest BCUT2D eigenvalue weighted by Gasteiger charge is 2.30. The molecule has 0 spiro atoms. The number of rotatable bonds is 7. The zero-order valence-corrected chi connectivity index (χ0v) is 21.0. The van der Waals surface area contributed by atoms with Gasteiger partial charge in [0.05, 0.1) is 29.4 Å². The van der Waals surface area contributed by atoms with Crippen LogP contribution >= 0.6 is 34.8 Å². The number of benzene rings is 1. The van der Waals surface area contributed by atoms with Gasteiger partial charge < -0.3 is 14.4 Å². The summed E-state index contributed by atoms with van der Waals surface area (Å²) in [6.45, 7) is 1.81. The van der Waals surface area contributed by atoms with Gasteiger partial charge in [0.15, 0.2) is 6.10 Å². The van der Waals surface area contributed by atoms with Gasteiger partial charge in [-0.05, 0) is 50.3 Å². The summed E-state index contributed by atoms with van der Waals surface area (Å²) in [5.41, 5.74) is 1.83. The summed E-state index contributed by atoms with van der Waals surface area (Å²) in [6.07, 6.45) is 8.94. The van der Waals surface area contributed by atoms with Crippen molar-refractivity contribution in [2.24, 2.45) is 0 Å². The first-order valence-corrected chi connectivity index (χ1v) is 11.7. The number of carbonyl (C=O) groups excluding carboxylic acids is 2. The van der Waals surface area contributed by atoms with Gasteiger partial charge in [0, 0.05) is 23.4 Å². The fourth-order valence-electron chi connectivity index (χ4n) is 3.64. The smallest absolute Gasteiger partial charge is 0.334 e. The van der Waals surface area contributed by atoms with E-state index in [1.165, 1.54) is 18.1 Å². The summed E-state index contributed by atoms with van der Waals surface area (Å²) >= 11 is 18.8. The Labute approximate surface area is 213 Å². The molecule has 1 atom stereocenters. The van der Waals surface area contributed by atoms with E-state index in [1.807, 2.05) is 0 Å². The average Bonchev–Trinajstić information content (AvgIpc) is 2.84. The van der Waals surface area contributed by atoms with Crippen LogP contribution in [-0.4, -0.2) is 30.1 Å². The van der Waals surface area contributed by atoms with Crippen molar-refractivity contribution in [3.8, 4) is 18.1 Å². The third-order valence-corrected chi connectivity index (χ3v) is 6.18. The number of amides is 1. The third kappa shape index (κ3) is 6.04. The van der Waals surface area contributed by atoms with Crippen LogP contribution in [0.5, 0.6) is 5.75 Å². The molecular formula is C25H23Cl3N2O4. The van der Waals surface area contributed by atoms with Crippen molar-refractivity contribution in [2.45, 2.75) is 45.3 Å². The van der Waals surface area contributed by atoms with E-state index in [-0.39, 0.29) is 28.2 Å². The Hall–Kier alpha value is -2.72. The van der Waals surface area contributed by atoms with Crippen molar-refractivity contribution >= 4 is 52.4 Å². The highest BCUT2D eigenvalue weighted by atomic mass is 35.5. The van der Waals surface area contributed by atoms with Crippen LogP contribution in [0.4, 0.5) is 5.69 Å². The summed E-state index contributed by atoms with van der Waals surface area (Å²) < 4.78 is 10.7. The third-order valence-electron chi connectivity index (χ3n) is 5.36. The normalized spacial score (nSPS) is 14.2. The number of terminal acetylenes is 1. The SMILES string of the molecule is C#CC(C)Oc1cc(N(Cc2ccc(Cl)nc2)C(=O)C2=C(C(=O)OC)CCCC2)c(Cl)cc1Cl. The molecule has 0 aliphatic heterocycles. The highest BCUT2D eigenvalue weighted by Crippen LogP contribution is 2.39. The maximum atomic E-state index is 13.9. The number of carbonyl (C=O) groups is 2. The lowest BCUT2D eigenvalue weighted by Gasteiger charge is -2.28. The summed E-state index contributed by atoms with van der Waals surface area (Å²) in [5, 5.41) is 0.814. The van der Waals surface area contributed by atoms with Crippen LogP contribution in [-0.2, 0) is 20.9 Å². The Morgan fingerprint density at radius 2 is 1.85 bits per heavy atom. The van der Waals surface area contributed by atoms with Crippen LogP contribution in [0, 0.1) is 12.3 Å². The van der Waals surface area contributed by atoms with Crippen LogP contribution in [0.3, 0.4) is 0 Å². The van der Waals surface area contributed by atoms with Gasteiger partial charge in [-0.2, -0.15) is 0 Å². The van der Waals surface area contributed by atoms with Crippen LogP contribution in [0.15, 0.2) is 41.6 Å². The van der Waals surface area contributed by atoms with Gasteiger partial charge in [0.25, 0.3) is 5.91 Å². The number of ether oxygens (including phenoxy) is 2. The minimum atomic E-state index is -0.553. The average molecular weight is 522 g/mol. The van der Waals surface area contributed by atoms with Gasteiger partial charge in [0.2, 0.25) is 0 Å². The molecule has 1 aliphatic rings. The minimum Gasteiger partial charge on any atom is -0.476 e. The topological polar surface area (TPSA) is 68.7 Å². The molecule has 2 aromatic rings. The molecule has 0 bridgehead atoms. The maximum Gasteiger partial charge on any atom is 0.334 e. The summed E-state index contributed by atoms with van der Waals surface area (Å²) in [7, 11) is 1.30. The molecule has 1 unspecified atom stereocenters. The second kappa shape index (κ2) is 11.6. The molecule has 0 saturated carbocycles. The number of methoxy groups -OCH3 is 1. The summed E-state index contributed by atoms with van der Waals surface area (Å²) in [6, 6.07) is 6.45. The Morgan fingerprint density at radius 1 is 1.15 bits per heavy atom. The Bertz CT molecular complexity index is 1160. The first-order chi connectivity index (χ1) is 16.2. The number of anilines is 1. The summed E-state index contributed by atoms with van der Waals surface area (Å²) in [5.74, 6) is 1.88. The lowest BCUT2D eigenvalue weighted by molar-refractivity contribution is -0.136. The number of halogens is 3. The van der Waals surface area contributed by atoms with E-state index < -0.39 is 12.1 Å². The van der Waals surface area contributed by atoms with Crippen molar-refractivity contribution in [3.63, 3.8) is 0 Å². The molecule has 3 rings (SSSR count). The first-order valence-electron chi connectivity index (χ1n) is 10.6. The lowest BCUT2D eigenvalue weighted by atomic mass is 9.90. The molecule has 1 aromatic carbocycles. The van der Waals surface area contributed by atoms with Crippen LogP contribution in [0.1, 0.15) is 38.2 Å². The van der Waals surface area contributed by atoms with Crippen molar-refractivity contribution in [1.82, 2.24) is 4.98 Å². The number of hydrogen-bond donors (Lipinski definition) is 0. The summed E-state index contributed by atoms with van der Waals surface area (Å²) in [4.78, 5) is 31.8. The molecule has 1 aromatic heterocycles. The molecule has 0 radical (unpaired) electrons. The number of aromatic nitrogens is 1. The molecule has 0 saturated heterocycles. The van der Waals surface area contributed by atoms with E-state index in [4.69, 9.17) is 50.7 Å². The molecular weight excluding hydrogens is 499 g/mol. The number of esters is 1. The van der Waals surface area contributed by atoms with Crippen molar-refractivity contribution < 1.29 is 19.1 Å². The molecule has 6 nitrogen and oxygen atoms in total. The van der Waals surface area contributed by atoms with E-state index in [0.29, 0.717) is 40.4 Å². The van der Waals surface area contributed by atoms with Crippen LogP contribution < -0.4 is 9.64 Å². The molecule has 1 aliphatic carbocycles.